The van der Waals surface area contributed by atoms with Crippen LogP contribution in [0.3, 0.4) is 0 Å². The van der Waals surface area contributed by atoms with E-state index < -0.39 is 11.9 Å². The molecule has 0 aliphatic carbocycles. The molecule has 0 heterocycles. The third-order valence-corrected chi connectivity index (χ3v) is 0.319. The van der Waals surface area contributed by atoms with E-state index in [1.165, 1.54) is 6.08 Å². The van der Waals surface area contributed by atoms with Gasteiger partial charge in [0.05, 0.1) is 0 Å². The van der Waals surface area contributed by atoms with E-state index in [0.717, 1.165) is 0 Å². The molecule has 42 valence electrons. The van der Waals surface area contributed by atoms with Crippen LogP contribution in [0.15, 0.2) is 6.08 Å². The Kier molecular flexibility index (Phi) is 2.23. The molecule has 0 aromatic heterocycles. The monoisotopic (exact) mass is 115 g/mol. The van der Waals surface area contributed by atoms with E-state index in [1.807, 2.05) is 0 Å². The molecule has 4 nitrogen and oxygen atoms in total. The minimum atomic E-state index is -1.38. The van der Waals surface area contributed by atoms with Gasteiger partial charge in [-0.1, -0.05) is 0 Å². The van der Waals surface area contributed by atoms with Crippen LogP contribution in [0.25, 0.3) is 0 Å². The first kappa shape index (κ1) is 6.59. The molecule has 2 N–H and O–H groups in total. The first-order valence-corrected chi connectivity index (χ1v) is 1.68. The summed E-state index contributed by atoms with van der Waals surface area (Å²) in [5.41, 5.74) is 0. The average molecular weight is 115 g/mol. The quantitative estimate of drug-likeness (QED) is 0.376. The highest BCUT2D eigenvalue weighted by Gasteiger charge is 2.03. The van der Waals surface area contributed by atoms with Crippen LogP contribution in [0.5, 0.6) is 0 Å². The van der Waals surface area contributed by atoms with Crippen LogP contribution >= 0.6 is 0 Å². The number of hydrogen-bond acceptors (Lipinski definition) is 2. The minimum Gasteiger partial charge on any atom is -0.455 e. The number of carboxylic acid groups (broad SMARTS) is 2. The maximum absolute atomic E-state index is 9.52. The molecule has 0 aliphatic rings. The van der Waals surface area contributed by atoms with Crippen molar-refractivity contribution < 1.29 is 19.8 Å². The topological polar surface area (TPSA) is 74.6 Å². The lowest BCUT2D eigenvalue weighted by Crippen LogP contribution is -1.92. The predicted octanol–water partition coefficient (Wildman–Crippen LogP) is -0.485. The number of aliphatic carboxylic acids is 2. The molecular formula is C4H3O4+. The second-order valence-electron chi connectivity index (χ2n) is 0.932. The average Bonchev–Trinajstić information content (AvgIpc) is 1.61. The lowest BCUT2D eigenvalue weighted by atomic mass is 10.5. The Hall–Kier alpha value is -1.41. The number of hydrogen-bond donors (Lipinski definition) is 2. The van der Waals surface area contributed by atoms with Gasteiger partial charge in [-0.15, -0.1) is 4.79 Å². The van der Waals surface area contributed by atoms with Gasteiger partial charge in [-0.2, -0.15) is 0 Å². The normalized spacial score (nSPS) is 8.50. The largest absolute Gasteiger partial charge is 0.482 e. The zero-order valence-electron chi connectivity index (χ0n) is 3.79. The van der Waals surface area contributed by atoms with Crippen molar-refractivity contribution in [3.63, 3.8) is 0 Å². The van der Waals surface area contributed by atoms with Crippen LogP contribution < -0.4 is 0 Å². The number of rotatable bonds is 2. The molecule has 4 heteroatoms. The summed E-state index contributed by atoms with van der Waals surface area (Å²) < 4.78 is 0. The van der Waals surface area contributed by atoms with Crippen molar-refractivity contribution in [3.05, 3.63) is 12.2 Å². The van der Waals surface area contributed by atoms with Crippen LogP contribution in [0, 0.1) is 6.08 Å². The first-order valence-electron chi connectivity index (χ1n) is 1.68. The molecule has 0 bridgehead atoms. The standard InChI is InChI=1S/C4H2O4/c5-3(6)1-2-4(7)8/h1H,(H-,5,6,7,8)/p+1. The summed E-state index contributed by atoms with van der Waals surface area (Å²) in [4.78, 5) is 19.0. The van der Waals surface area contributed by atoms with E-state index in [1.54, 1.807) is 0 Å². The van der Waals surface area contributed by atoms with E-state index >= 15 is 0 Å². The second kappa shape index (κ2) is 2.71. The summed E-state index contributed by atoms with van der Waals surface area (Å²) in [7, 11) is 0. The van der Waals surface area contributed by atoms with Gasteiger partial charge in [0.25, 0.3) is 6.08 Å². The van der Waals surface area contributed by atoms with Gasteiger partial charge in [0.1, 0.15) is 0 Å². The van der Waals surface area contributed by atoms with Crippen molar-refractivity contribution in [1.82, 2.24) is 0 Å². The second-order valence-corrected chi connectivity index (χ2v) is 0.932. The highest BCUT2D eigenvalue weighted by atomic mass is 16.4. The fourth-order valence-electron chi connectivity index (χ4n) is 0.123. The lowest BCUT2D eigenvalue weighted by Gasteiger charge is -1.60. The fourth-order valence-corrected chi connectivity index (χ4v) is 0.123. The van der Waals surface area contributed by atoms with Gasteiger partial charge >= 0.3 is 11.9 Å². The molecule has 0 saturated heterocycles. The fraction of sp³-hybridized carbons (Fsp3) is 0. The molecular weight excluding hydrogens is 112 g/mol. The van der Waals surface area contributed by atoms with Crippen molar-refractivity contribution in [2.45, 2.75) is 0 Å². The SMILES string of the molecule is O=C(O)[C+]=CC(=O)O. The zero-order valence-corrected chi connectivity index (χ0v) is 3.79. The van der Waals surface area contributed by atoms with E-state index in [9.17, 15) is 9.59 Å². The molecule has 0 radical (unpaired) electrons. The summed E-state index contributed by atoms with van der Waals surface area (Å²) in [6.07, 6.45) is 1.97. The number of carbonyl (C=O) groups is 2. The van der Waals surface area contributed by atoms with Crippen molar-refractivity contribution in [2.24, 2.45) is 0 Å². The van der Waals surface area contributed by atoms with Crippen molar-refractivity contribution in [1.29, 1.82) is 0 Å². The Bertz CT molecular complexity index is 119. The summed E-state index contributed by atoms with van der Waals surface area (Å²) in [5, 5.41) is 15.5. The van der Waals surface area contributed by atoms with Gasteiger partial charge in [-0.05, 0) is 0 Å². The molecule has 8 heavy (non-hydrogen) atoms. The predicted molar refractivity (Wildman–Crippen MR) is 23.1 cm³/mol. The molecule has 0 fully saturated rings. The Morgan fingerprint density at radius 2 is 1.88 bits per heavy atom. The van der Waals surface area contributed by atoms with Crippen molar-refractivity contribution >= 4 is 11.9 Å². The van der Waals surface area contributed by atoms with Gasteiger partial charge < -0.3 is 10.2 Å². The third-order valence-electron chi connectivity index (χ3n) is 0.319. The molecule has 0 unspecified atom stereocenters. The molecule has 0 aromatic carbocycles. The zero-order chi connectivity index (χ0) is 6.57. The van der Waals surface area contributed by atoms with Crippen LogP contribution in [-0.2, 0) is 9.59 Å². The smallest absolute Gasteiger partial charge is 0.455 e. The van der Waals surface area contributed by atoms with Crippen LogP contribution in [0.4, 0.5) is 0 Å². The highest BCUT2D eigenvalue weighted by molar-refractivity contribution is 5.86. The van der Waals surface area contributed by atoms with Gasteiger partial charge in [0.2, 0.25) is 0 Å². The molecule has 0 atom stereocenters. The van der Waals surface area contributed by atoms with Gasteiger partial charge in [0.15, 0.2) is 6.08 Å². The van der Waals surface area contributed by atoms with E-state index in [4.69, 9.17) is 10.2 Å². The third kappa shape index (κ3) is 4.59. The van der Waals surface area contributed by atoms with Gasteiger partial charge in [-0.3, -0.25) is 0 Å². The Balaban J connectivity index is 3.67. The van der Waals surface area contributed by atoms with E-state index in [0.29, 0.717) is 6.08 Å². The Morgan fingerprint density at radius 1 is 1.38 bits per heavy atom. The van der Waals surface area contributed by atoms with E-state index in [2.05, 4.69) is 0 Å². The summed E-state index contributed by atoms with van der Waals surface area (Å²) >= 11 is 0. The lowest BCUT2D eigenvalue weighted by molar-refractivity contribution is -0.134. The Labute approximate surface area is 45.1 Å². The van der Waals surface area contributed by atoms with E-state index in [-0.39, 0.29) is 0 Å². The summed E-state index contributed by atoms with van der Waals surface area (Å²) in [6.45, 7) is 0. The highest BCUT2D eigenvalue weighted by Crippen LogP contribution is 1.68. The summed E-state index contributed by atoms with van der Waals surface area (Å²) in [6, 6.07) is 0. The van der Waals surface area contributed by atoms with Crippen molar-refractivity contribution in [3.8, 4) is 0 Å². The van der Waals surface area contributed by atoms with Crippen LogP contribution in [-0.4, -0.2) is 22.2 Å². The van der Waals surface area contributed by atoms with Gasteiger partial charge in [-0.25, -0.2) is 4.79 Å². The van der Waals surface area contributed by atoms with Gasteiger partial charge in [0, 0.05) is 0 Å². The minimum absolute atomic E-state index is 0.433. The molecule has 0 saturated carbocycles. The number of carboxylic acids is 2. The van der Waals surface area contributed by atoms with Crippen LogP contribution in [0.1, 0.15) is 0 Å². The maximum Gasteiger partial charge on any atom is 0.482 e. The molecule has 0 aliphatic heterocycles. The molecule has 0 amide bonds. The molecule has 0 spiro atoms. The summed E-state index contributed by atoms with van der Waals surface area (Å²) in [5.74, 6) is -2.69. The maximum atomic E-state index is 9.52. The van der Waals surface area contributed by atoms with Crippen molar-refractivity contribution in [2.75, 3.05) is 0 Å². The molecule has 0 aromatic rings. The molecule has 0 rings (SSSR count). The first-order chi connectivity index (χ1) is 3.63. The Morgan fingerprint density at radius 3 is 2.00 bits per heavy atom. The van der Waals surface area contributed by atoms with Crippen LogP contribution in [0.2, 0.25) is 0 Å².